The van der Waals surface area contributed by atoms with Crippen LogP contribution in [-0.4, -0.2) is 29.8 Å². The normalized spacial score (nSPS) is 14.9. The van der Waals surface area contributed by atoms with Gasteiger partial charge in [-0.2, -0.15) is 0 Å². The van der Waals surface area contributed by atoms with Gasteiger partial charge in [0.25, 0.3) is 0 Å². The lowest BCUT2D eigenvalue weighted by molar-refractivity contribution is -0.125. The third kappa shape index (κ3) is 4.10. The third-order valence-electron chi connectivity index (χ3n) is 2.91. The van der Waals surface area contributed by atoms with Crippen molar-refractivity contribution < 1.29 is 9.59 Å². The van der Waals surface area contributed by atoms with Crippen LogP contribution in [0, 0.1) is 0 Å². The van der Waals surface area contributed by atoms with Crippen molar-refractivity contribution in [3.8, 4) is 0 Å². The molecule has 100 valence electrons. The highest BCUT2D eigenvalue weighted by atomic mass is 35.5. The topological polar surface area (TPSA) is 49.4 Å². The summed E-state index contributed by atoms with van der Waals surface area (Å²) in [5, 5.41) is 3.27. The van der Waals surface area contributed by atoms with Crippen LogP contribution < -0.4 is 5.32 Å². The number of benzene rings is 1. The van der Waals surface area contributed by atoms with E-state index in [4.69, 9.17) is 11.6 Å². The van der Waals surface area contributed by atoms with Crippen molar-refractivity contribution >= 4 is 29.1 Å². The fourth-order valence-corrected chi connectivity index (χ4v) is 2.03. The van der Waals surface area contributed by atoms with Crippen LogP contribution in [0.2, 0.25) is 5.02 Å². The SMILES string of the molecule is O=C(/C=C/C(=O)N1CCCC1)Nc1ccc(Cl)cc1. The Kier molecular flexibility index (Phi) is 4.58. The summed E-state index contributed by atoms with van der Waals surface area (Å²) in [5.41, 5.74) is 0.646. The summed E-state index contributed by atoms with van der Waals surface area (Å²) in [7, 11) is 0. The summed E-state index contributed by atoms with van der Waals surface area (Å²) >= 11 is 5.75. The van der Waals surface area contributed by atoms with E-state index in [0.29, 0.717) is 10.7 Å². The molecule has 1 heterocycles. The van der Waals surface area contributed by atoms with E-state index >= 15 is 0 Å². The Labute approximate surface area is 117 Å². The van der Waals surface area contributed by atoms with E-state index in [1.165, 1.54) is 12.2 Å². The van der Waals surface area contributed by atoms with Crippen LogP contribution in [0.5, 0.6) is 0 Å². The first-order chi connectivity index (χ1) is 9.15. The molecule has 4 nitrogen and oxygen atoms in total. The number of halogens is 1. The van der Waals surface area contributed by atoms with Crippen LogP contribution >= 0.6 is 11.6 Å². The van der Waals surface area contributed by atoms with Gasteiger partial charge in [-0.05, 0) is 37.1 Å². The Morgan fingerprint density at radius 3 is 2.37 bits per heavy atom. The Morgan fingerprint density at radius 2 is 1.74 bits per heavy atom. The number of carbonyl (C=O) groups excluding carboxylic acids is 2. The first-order valence-electron chi connectivity index (χ1n) is 6.19. The van der Waals surface area contributed by atoms with Crippen LogP contribution in [0.4, 0.5) is 5.69 Å². The fraction of sp³-hybridized carbons (Fsp3) is 0.286. The predicted octanol–water partition coefficient (Wildman–Crippen LogP) is 2.46. The molecule has 0 unspecified atom stereocenters. The number of nitrogens with one attached hydrogen (secondary N) is 1. The number of hydrogen-bond donors (Lipinski definition) is 1. The molecule has 1 fully saturated rings. The maximum atomic E-state index is 11.7. The zero-order chi connectivity index (χ0) is 13.7. The molecule has 0 aromatic heterocycles. The van der Waals surface area contributed by atoms with Gasteiger partial charge in [-0.25, -0.2) is 0 Å². The van der Waals surface area contributed by atoms with Crippen LogP contribution in [-0.2, 0) is 9.59 Å². The standard InChI is InChI=1S/C14H15ClN2O2/c15-11-3-5-12(6-4-11)16-13(18)7-8-14(19)17-9-1-2-10-17/h3-8H,1-2,9-10H2,(H,16,18)/b8-7+. The minimum atomic E-state index is -0.324. The van der Waals surface area contributed by atoms with Crippen molar-refractivity contribution in [1.82, 2.24) is 4.90 Å². The van der Waals surface area contributed by atoms with E-state index in [1.54, 1.807) is 29.2 Å². The molecule has 2 amide bonds. The Balaban J connectivity index is 1.86. The Hall–Kier alpha value is -1.81. The maximum absolute atomic E-state index is 11.7. The van der Waals surface area contributed by atoms with E-state index in [0.717, 1.165) is 25.9 Å². The lowest BCUT2D eigenvalue weighted by Crippen LogP contribution is -2.25. The number of carbonyl (C=O) groups is 2. The third-order valence-corrected chi connectivity index (χ3v) is 3.16. The van der Waals surface area contributed by atoms with Crippen LogP contribution in [0.1, 0.15) is 12.8 Å². The van der Waals surface area contributed by atoms with Gasteiger partial charge in [0.05, 0.1) is 0 Å². The van der Waals surface area contributed by atoms with Gasteiger partial charge in [0.1, 0.15) is 0 Å². The molecule has 0 saturated carbocycles. The average Bonchev–Trinajstić information content (AvgIpc) is 2.93. The molecule has 2 rings (SSSR count). The monoisotopic (exact) mass is 278 g/mol. The number of likely N-dealkylation sites (tertiary alicyclic amines) is 1. The second kappa shape index (κ2) is 6.38. The average molecular weight is 279 g/mol. The highest BCUT2D eigenvalue weighted by Crippen LogP contribution is 2.13. The molecule has 1 aromatic rings. The zero-order valence-electron chi connectivity index (χ0n) is 10.4. The number of nitrogens with zero attached hydrogens (tertiary/aromatic N) is 1. The van der Waals surface area contributed by atoms with Gasteiger partial charge in [-0.3, -0.25) is 9.59 Å². The van der Waals surface area contributed by atoms with E-state index < -0.39 is 0 Å². The molecule has 19 heavy (non-hydrogen) atoms. The summed E-state index contributed by atoms with van der Waals surface area (Å²) in [4.78, 5) is 25.0. The maximum Gasteiger partial charge on any atom is 0.248 e. The lowest BCUT2D eigenvalue weighted by Gasteiger charge is -2.11. The Morgan fingerprint density at radius 1 is 1.11 bits per heavy atom. The summed E-state index contributed by atoms with van der Waals surface area (Å²) in [6.45, 7) is 1.56. The van der Waals surface area contributed by atoms with Crippen molar-refractivity contribution in [3.63, 3.8) is 0 Å². The highest BCUT2D eigenvalue weighted by Gasteiger charge is 2.15. The molecule has 0 bridgehead atoms. The molecule has 0 spiro atoms. The summed E-state index contributed by atoms with van der Waals surface area (Å²) in [5.74, 6) is -0.432. The van der Waals surface area contributed by atoms with Gasteiger partial charge < -0.3 is 10.2 Å². The highest BCUT2D eigenvalue weighted by molar-refractivity contribution is 6.30. The van der Waals surface area contributed by atoms with Crippen LogP contribution in [0.3, 0.4) is 0 Å². The van der Waals surface area contributed by atoms with Gasteiger partial charge >= 0.3 is 0 Å². The van der Waals surface area contributed by atoms with Crippen molar-refractivity contribution in [3.05, 3.63) is 41.4 Å². The predicted molar refractivity (Wildman–Crippen MR) is 75.0 cm³/mol. The molecule has 5 heteroatoms. The van der Waals surface area contributed by atoms with Crippen LogP contribution in [0.25, 0.3) is 0 Å². The fourth-order valence-electron chi connectivity index (χ4n) is 1.91. The van der Waals surface area contributed by atoms with E-state index in [-0.39, 0.29) is 11.8 Å². The van der Waals surface area contributed by atoms with Crippen molar-refractivity contribution in [2.24, 2.45) is 0 Å². The second-order valence-corrected chi connectivity index (χ2v) is 4.80. The van der Waals surface area contributed by atoms with E-state index in [2.05, 4.69) is 5.32 Å². The van der Waals surface area contributed by atoms with E-state index in [9.17, 15) is 9.59 Å². The van der Waals surface area contributed by atoms with Crippen molar-refractivity contribution in [1.29, 1.82) is 0 Å². The molecule has 0 aliphatic carbocycles. The van der Waals surface area contributed by atoms with E-state index in [1.807, 2.05) is 0 Å². The largest absolute Gasteiger partial charge is 0.339 e. The quantitative estimate of drug-likeness (QED) is 0.864. The molecule has 1 aliphatic rings. The molecule has 1 saturated heterocycles. The number of hydrogen-bond acceptors (Lipinski definition) is 2. The van der Waals surface area contributed by atoms with Crippen molar-refractivity contribution in [2.45, 2.75) is 12.8 Å². The minimum Gasteiger partial charge on any atom is -0.339 e. The molecular weight excluding hydrogens is 264 g/mol. The Bertz CT molecular complexity index is 491. The summed E-state index contributed by atoms with van der Waals surface area (Å²) < 4.78 is 0. The lowest BCUT2D eigenvalue weighted by atomic mass is 10.3. The number of anilines is 1. The van der Waals surface area contributed by atoms with Gasteiger partial charge in [-0.15, -0.1) is 0 Å². The van der Waals surface area contributed by atoms with Crippen LogP contribution in [0.15, 0.2) is 36.4 Å². The molecule has 1 aliphatic heterocycles. The van der Waals surface area contributed by atoms with Gasteiger partial charge in [0, 0.05) is 36.0 Å². The van der Waals surface area contributed by atoms with Crippen molar-refractivity contribution in [2.75, 3.05) is 18.4 Å². The molecular formula is C14H15ClN2O2. The first kappa shape index (κ1) is 13.6. The summed E-state index contributed by atoms with van der Waals surface area (Å²) in [6, 6.07) is 6.79. The summed E-state index contributed by atoms with van der Waals surface area (Å²) in [6.07, 6.45) is 4.65. The first-order valence-corrected chi connectivity index (χ1v) is 6.56. The second-order valence-electron chi connectivity index (χ2n) is 4.36. The van der Waals surface area contributed by atoms with Gasteiger partial charge in [0.15, 0.2) is 0 Å². The minimum absolute atomic E-state index is 0.108. The smallest absolute Gasteiger partial charge is 0.248 e. The molecule has 0 radical (unpaired) electrons. The number of rotatable bonds is 3. The number of amides is 2. The van der Waals surface area contributed by atoms with Gasteiger partial charge in [0.2, 0.25) is 11.8 Å². The zero-order valence-corrected chi connectivity index (χ0v) is 11.2. The molecule has 0 atom stereocenters. The molecule has 1 aromatic carbocycles. The van der Waals surface area contributed by atoms with Gasteiger partial charge in [-0.1, -0.05) is 11.6 Å². The molecule has 1 N–H and O–H groups in total.